The lowest BCUT2D eigenvalue weighted by Gasteiger charge is -2.21. The lowest BCUT2D eigenvalue weighted by Crippen LogP contribution is -2.19. The van der Waals surface area contributed by atoms with Crippen molar-refractivity contribution in [1.82, 2.24) is 5.32 Å². The van der Waals surface area contributed by atoms with Crippen LogP contribution < -0.4 is 5.32 Å². The highest BCUT2D eigenvalue weighted by molar-refractivity contribution is 6.30. The molecule has 0 radical (unpaired) electrons. The Morgan fingerprint density at radius 3 is 3.00 bits per heavy atom. The van der Waals surface area contributed by atoms with Gasteiger partial charge in [-0.15, -0.1) is 0 Å². The maximum Gasteiger partial charge on any atom is 0.0502 e. The first-order valence-electron chi connectivity index (χ1n) is 5.38. The van der Waals surface area contributed by atoms with E-state index in [2.05, 4.69) is 5.32 Å². The minimum absolute atomic E-state index is 0.201. The Morgan fingerprint density at radius 1 is 1.53 bits per heavy atom. The summed E-state index contributed by atoms with van der Waals surface area (Å²) in [6, 6.07) is 7.82. The smallest absolute Gasteiger partial charge is 0.0502 e. The molecule has 1 saturated heterocycles. The first-order valence-corrected chi connectivity index (χ1v) is 5.76. The van der Waals surface area contributed by atoms with Crippen LogP contribution in [-0.4, -0.2) is 24.8 Å². The van der Waals surface area contributed by atoms with Crippen molar-refractivity contribution < 1.29 is 5.11 Å². The van der Waals surface area contributed by atoms with Crippen molar-refractivity contribution in [2.24, 2.45) is 5.92 Å². The molecule has 1 fully saturated rings. The number of aliphatic hydroxyl groups excluding tert-OH is 1. The van der Waals surface area contributed by atoms with Crippen molar-refractivity contribution in [2.75, 3.05) is 19.7 Å². The first-order chi connectivity index (χ1) is 7.31. The van der Waals surface area contributed by atoms with Crippen molar-refractivity contribution in [3.63, 3.8) is 0 Å². The molecule has 0 spiro atoms. The lowest BCUT2D eigenvalue weighted by molar-refractivity contribution is 0.231. The van der Waals surface area contributed by atoms with Gasteiger partial charge in [0.25, 0.3) is 0 Å². The van der Waals surface area contributed by atoms with Gasteiger partial charge in [0.15, 0.2) is 0 Å². The molecule has 1 heterocycles. The zero-order chi connectivity index (χ0) is 10.7. The molecule has 1 aromatic rings. The topological polar surface area (TPSA) is 32.3 Å². The summed E-state index contributed by atoms with van der Waals surface area (Å²) < 4.78 is 0. The van der Waals surface area contributed by atoms with Crippen molar-refractivity contribution >= 4 is 11.6 Å². The first kappa shape index (κ1) is 10.9. The van der Waals surface area contributed by atoms with Gasteiger partial charge in [-0.05, 0) is 43.1 Å². The Balaban J connectivity index is 2.18. The summed E-state index contributed by atoms with van der Waals surface area (Å²) in [6.07, 6.45) is 1.14. The third kappa shape index (κ3) is 2.51. The molecule has 0 aliphatic carbocycles. The van der Waals surface area contributed by atoms with Crippen LogP contribution in [0.5, 0.6) is 0 Å². The Morgan fingerprint density at radius 2 is 2.40 bits per heavy atom. The number of hydrogen-bond donors (Lipinski definition) is 2. The molecule has 0 saturated carbocycles. The molecule has 1 aliphatic heterocycles. The van der Waals surface area contributed by atoms with Gasteiger partial charge >= 0.3 is 0 Å². The van der Waals surface area contributed by atoms with Crippen LogP contribution >= 0.6 is 11.6 Å². The molecule has 2 nitrogen and oxygen atoms in total. The van der Waals surface area contributed by atoms with E-state index in [1.807, 2.05) is 24.3 Å². The third-order valence-electron chi connectivity index (χ3n) is 3.14. The van der Waals surface area contributed by atoms with E-state index in [1.165, 1.54) is 0 Å². The Bertz CT molecular complexity index is 323. The summed E-state index contributed by atoms with van der Waals surface area (Å²) in [7, 11) is 0. The largest absolute Gasteiger partial charge is 0.396 e. The summed E-state index contributed by atoms with van der Waals surface area (Å²) in [5.41, 5.74) is 1.15. The van der Waals surface area contributed by atoms with E-state index in [9.17, 15) is 5.11 Å². The molecular formula is C12H16ClNO. The fraction of sp³-hybridized carbons (Fsp3) is 0.500. The number of benzene rings is 1. The molecule has 1 aliphatic rings. The van der Waals surface area contributed by atoms with E-state index >= 15 is 0 Å². The number of nitrogens with one attached hydrogen (secondary N) is 1. The average Bonchev–Trinajstić information content (AvgIpc) is 2.72. The highest BCUT2D eigenvalue weighted by Crippen LogP contribution is 2.29. The molecule has 0 aromatic heterocycles. The van der Waals surface area contributed by atoms with Crippen molar-refractivity contribution in [2.45, 2.75) is 12.3 Å². The molecule has 15 heavy (non-hydrogen) atoms. The predicted molar refractivity (Wildman–Crippen MR) is 62.3 cm³/mol. The normalized spacial score (nSPS) is 22.9. The van der Waals surface area contributed by atoms with E-state index in [0.29, 0.717) is 5.92 Å². The van der Waals surface area contributed by atoms with Crippen LogP contribution in [-0.2, 0) is 0 Å². The highest BCUT2D eigenvalue weighted by atomic mass is 35.5. The van der Waals surface area contributed by atoms with Crippen LogP contribution in [0.15, 0.2) is 24.3 Å². The second-order valence-corrected chi connectivity index (χ2v) is 4.53. The van der Waals surface area contributed by atoms with Gasteiger partial charge in [0.1, 0.15) is 0 Å². The molecule has 0 bridgehead atoms. The standard InChI is InChI=1S/C12H16ClNO/c13-11-3-1-2-9(6-11)12(8-15)10-4-5-14-7-10/h1-3,6,10,12,14-15H,4-5,7-8H2. The molecular weight excluding hydrogens is 210 g/mol. The number of rotatable bonds is 3. The molecule has 82 valence electrons. The maximum atomic E-state index is 9.46. The van der Waals surface area contributed by atoms with Crippen LogP contribution in [0, 0.1) is 5.92 Å². The third-order valence-corrected chi connectivity index (χ3v) is 3.38. The summed E-state index contributed by atoms with van der Waals surface area (Å²) in [4.78, 5) is 0. The van der Waals surface area contributed by atoms with Gasteiger partial charge < -0.3 is 10.4 Å². The van der Waals surface area contributed by atoms with Crippen molar-refractivity contribution in [1.29, 1.82) is 0 Å². The SMILES string of the molecule is OCC(c1cccc(Cl)c1)C1CCNC1. The summed E-state index contributed by atoms with van der Waals surface area (Å²) in [5.74, 6) is 0.757. The predicted octanol–water partition coefficient (Wildman–Crippen LogP) is 2.03. The molecule has 2 atom stereocenters. The van der Waals surface area contributed by atoms with E-state index < -0.39 is 0 Å². The van der Waals surface area contributed by atoms with Crippen LogP contribution in [0.2, 0.25) is 5.02 Å². The van der Waals surface area contributed by atoms with Gasteiger partial charge in [0, 0.05) is 10.9 Å². The zero-order valence-electron chi connectivity index (χ0n) is 8.62. The quantitative estimate of drug-likeness (QED) is 0.825. The highest BCUT2D eigenvalue weighted by Gasteiger charge is 2.25. The molecule has 1 aromatic carbocycles. The van der Waals surface area contributed by atoms with E-state index in [0.717, 1.165) is 30.1 Å². The van der Waals surface area contributed by atoms with E-state index in [4.69, 9.17) is 11.6 Å². The monoisotopic (exact) mass is 225 g/mol. The minimum Gasteiger partial charge on any atom is -0.396 e. The van der Waals surface area contributed by atoms with Gasteiger partial charge in [0.2, 0.25) is 0 Å². The van der Waals surface area contributed by atoms with E-state index in [-0.39, 0.29) is 12.5 Å². The summed E-state index contributed by atoms with van der Waals surface area (Å²) >= 11 is 5.96. The van der Waals surface area contributed by atoms with Crippen molar-refractivity contribution in [3.8, 4) is 0 Å². The van der Waals surface area contributed by atoms with Gasteiger partial charge in [-0.2, -0.15) is 0 Å². The molecule has 3 heteroatoms. The van der Waals surface area contributed by atoms with Crippen LogP contribution in [0.1, 0.15) is 17.9 Å². The van der Waals surface area contributed by atoms with E-state index in [1.54, 1.807) is 0 Å². The molecule has 2 rings (SSSR count). The number of halogens is 1. The molecule has 2 N–H and O–H groups in total. The van der Waals surface area contributed by atoms with Crippen LogP contribution in [0.25, 0.3) is 0 Å². The lowest BCUT2D eigenvalue weighted by atomic mass is 9.86. The van der Waals surface area contributed by atoms with Gasteiger partial charge in [0.05, 0.1) is 6.61 Å². The second kappa shape index (κ2) is 4.97. The Hall–Kier alpha value is -0.570. The van der Waals surface area contributed by atoms with Gasteiger partial charge in [-0.1, -0.05) is 23.7 Å². The Labute approximate surface area is 95.3 Å². The van der Waals surface area contributed by atoms with Gasteiger partial charge in [-0.3, -0.25) is 0 Å². The second-order valence-electron chi connectivity index (χ2n) is 4.10. The summed E-state index contributed by atoms with van der Waals surface area (Å²) in [5, 5.41) is 13.5. The van der Waals surface area contributed by atoms with Crippen LogP contribution in [0.3, 0.4) is 0 Å². The van der Waals surface area contributed by atoms with Crippen molar-refractivity contribution in [3.05, 3.63) is 34.9 Å². The average molecular weight is 226 g/mol. The molecule has 2 unspecified atom stereocenters. The zero-order valence-corrected chi connectivity index (χ0v) is 9.37. The van der Waals surface area contributed by atoms with Gasteiger partial charge in [-0.25, -0.2) is 0 Å². The number of aliphatic hydroxyl groups is 1. The summed E-state index contributed by atoms with van der Waals surface area (Å²) in [6.45, 7) is 2.26. The minimum atomic E-state index is 0.201. The fourth-order valence-electron chi connectivity index (χ4n) is 2.28. The fourth-order valence-corrected chi connectivity index (χ4v) is 2.48. The maximum absolute atomic E-state index is 9.46. The molecule has 0 amide bonds. The Kier molecular flexibility index (Phi) is 3.62. The van der Waals surface area contributed by atoms with Crippen LogP contribution in [0.4, 0.5) is 0 Å². The number of hydrogen-bond acceptors (Lipinski definition) is 2.